The second-order valence-corrected chi connectivity index (χ2v) is 7.59. The van der Waals surface area contributed by atoms with Crippen LogP contribution in [0.15, 0.2) is 18.2 Å². The van der Waals surface area contributed by atoms with E-state index in [2.05, 4.69) is 4.90 Å². The second-order valence-electron chi connectivity index (χ2n) is 7.59. The number of ether oxygens (including phenoxy) is 2. The summed E-state index contributed by atoms with van der Waals surface area (Å²) in [5.41, 5.74) is 1.52. The highest BCUT2D eigenvalue weighted by Gasteiger charge is 2.39. The topological polar surface area (TPSA) is 42.0 Å². The Balaban J connectivity index is 1.45. The Morgan fingerprint density at radius 1 is 1.16 bits per heavy atom. The Morgan fingerprint density at radius 2 is 1.92 bits per heavy atom. The third-order valence-corrected chi connectivity index (χ3v) is 5.77. The van der Waals surface area contributed by atoms with Gasteiger partial charge in [0.25, 0.3) is 0 Å². The molecule has 0 atom stereocenters. The van der Waals surface area contributed by atoms with Gasteiger partial charge in [0.15, 0.2) is 11.5 Å². The van der Waals surface area contributed by atoms with Crippen molar-refractivity contribution < 1.29 is 14.3 Å². The molecule has 1 aromatic rings. The fraction of sp³-hybridized carbons (Fsp3) is 0.650. The van der Waals surface area contributed by atoms with Gasteiger partial charge in [-0.05, 0) is 62.4 Å². The van der Waals surface area contributed by atoms with Crippen LogP contribution in [0, 0.1) is 12.3 Å². The Kier molecular flexibility index (Phi) is 5.52. The first-order valence-electron chi connectivity index (χ1n) is 9.25. The van der Waals surface area contributed by atoms with Crippen molar-refractivity contribution in [2.24, 2.45) is 5.41 Å². The Bertz CT molecular complexity index is 609. The molecule has 2 heterocycles. The van der Waals surface area contributed by atoms with Crippen LogP contribution in [0.2, 0.25) is 0 Å². The van der Waals surface area contributed by atoms with Crippen molar-refractivity contribution >= 4 is 5.91 Å². The monoisotopic (exact) mass is 346 g/mol. The molecule has 5 nitrogen and oxygen atoms in total. The van der Waals surface area contributed by atoms with Gasteiger partial charge in [-0.3, -0.25) is 9.69 Å². The molecule has 0 N–H and O–H groups in total. The van der Waals surface area contributed by atoms with Crippen LogP contribution in [0.4, 0.5) is 0 Å². The highest BCUT2D eigenvalue weighted by Crippen LogP contribution is 2.39. The molecule has 2 saturated heterocycles. The molecular weight excluding hydrogens is 316 g/mol. The average Bonchev–Trinajstić information content (AvgIpc) is 2.61. The molecular formula is C20H30N2O3. The summed E-state index contributed by atoms with van der Waals surface area (Å²) in [4.78, 5) is 16.1. The lowest BCUT2D eigenvalue weighted by molar-refractivity contribution is -0.137. The predicted molar refractivity (Wildman–Crippen MR) is 98.2 cm³/mol. The fourth-order valence-corrected chi connectivity index (χ4v) is 4.07. The largest absolute Gasteiger partial charge is 0.493 e. The van der Waals surface area contributed by atoms with E-state index < -0.39 is 0 Å². The highest BCUT2D eigenvalue weighted by molar-refractivity contribution is 5.76. The number of methoxy groups -OCH3 is 1. The summed E-state index contributed by atoms with van der Waals surface area (Å²) in [5, 5.41) is 0. The zero-order valence-electron chi connectivity index (χ0n) is 15.7. The number of carbonyl (C=O) groups is 1. The molecule has 0 unspecified atom stereocenters. The van der Waals surface area contributed by atoms with E-state index in [9.17, 15) is 4.79 Å². The number of rotatable bonds is 5. The maximum atomic E-state index is 11.7. The Labute approximate surface area is 150 Å². The van der Waals surface area contributed by atoms with Crippen molar-refractivity contribution in [3.8, 4) is 11.5 Å². The number of benzene rings is 1. The lowest BCUT2D eigenvalue weighted by atomic mass is 9.72. The van der Waals surface area contributed by atoms with Gasteiger partial charge in [0.05, 0.1) is 7.11 Å². The molecule has 138 valence electrons. The number of piperidine rings is 2. The Hall–Kier alpha value is -1.75. The summed E-state index contributed by atoms with van der Waals surface area (Å²) in [6.45, 7) is 6.77. The standard InChI is InChI=1S/C20H30N2O3/c1-16-4-5-17(18(14-16)24-3)25-13-12-22-10-8-20(9-11-22)7-6-19(23)21(2)15-20/h4-5,14H,6-13,15H2,1-3H3. The average molecular weight is 346 g/mol. The fourth-order valence-electron chi connectivity index (χ4n) is 4.07. The van der Waals surface area contributed by atoms with Crippen LogP contribution in [0.1, 0.15) is 31.2 Å². The summed E-state index contributed by atoms with van der Waals surface area (Å²) in [6, 6.07) is 6.03. The molecule has 0 radical (unpaired) electrons. The number of hydrogen-bond acceptors (Lipinski definition) is 4. The van der Waals surface area contributed by atoms with E-state index in [4.69, 9.17) is 9.47 Å². The van der Waals surface area contributed by atoms with Crippen LogP contribution in [0.25, 0.3) is 0 Å². The van der Waals surface area contributed by atoms with Crippen LogP contribution in [0.5, 0.6) is 11.5 Å². The van der Waals surface area contributed by atoms with E-state index in [0.717, 1.165) is 44.1 Å². The van der Waals surface area contributed by atoms with E-state index in [1.165, 1.54) is 18.4 Å². The van der Waals surface area contributed by atoms with Crippen LogP contribution in [0.3, 0.4) is 0 Å². The first-order valence-corrected chi connectivity index (χ1v) is 9.25. The number of carbonyl (C=O) groups excluding carboxylic acids is 1. The van der Waals surface area contributed by atoms with Crippen molar-refractivity contribution in [2.75, 3.05) is 46.9 Å². The normalized spacial score (nSPS) is 20.8. The van der Waals surface area contributed by atoms with Crippen molar-refractivity contribution in [1.29, 1.82) is 0 Å². The number of likely N-dealkylation sites (tertiary alicyclic amines) is 2. The van der Waals surface area contributed by atoms with E-state index >= 15 is 0 Å². The summed E-state index contributed by atoms with van der Waals surface area (Å²) < 4.78 is 11.3. The van der Waals surface area contributed by atoms with E-state index in [1.807, 2.05) is 37.1 Å². The maximum Gasteiger partial charge on any atom is 0.222 e. The molecule has 1 amide bonds. The minimum atomic E-state index is 0.300. The van der Waals surface area contributed by atoms with Gasteiger partial charge in [0.1, 0.15) is 6.61 Å². The molecule has 2 aliphatic heterocycles. The van der Waals surface area contributed by atoms with Gasteiger partial charge < -0.3 is 14.4 Å². The molecule has 5 heteroatoms. The van der Waals surface area contributed by atoms with Crippen molar-refractivity contribution in [1.82, 2.24) is 9.80 Å². The minimum absolute atomic E-state index is 0.300. The predicted octanol–water partition coefficient (Wildman–Crippen LogP) is 2.72. The minimum Gasteiger partial charge on any atom is -0.493 e. The molecule has 0 aromatic heterocycles. The summed E-state index contributed by atoms with van der Waals surface area (Å²) in [5.74, 6) is 1.91. The molecule has 2 aliphatic rings. The smallest absolute Gasteiger partial charge is 0.222 e. The first-order chi connectivity index (χ1) is 12.0. The van der Waals surface area contributed by atoms with Crippen LogP contribution < -0.4 is 9.47 Å². The van der Waals surface area contributed by atoms with Gasteiger partial charge >= 0.3 is 0 Å². The van der Waals surface area contributed by atoms with E-state index in [-0.39, 0.29) is 0 Å². The number of amides is 1. The molecule has 2 fully saturated rings. The van der Waals surface area contributed by atoms with Gasteiger partial charge in [-0.1, -0.05) is 6.07 Å². The quantitative estimate of drug-likeness (QED) is 0.822. The summed E-state index contributed by atoms with van der Waals surface area (Å²) >= 11 is 0. The Morgan fingerprint density at radius 3 is 2.60 bits per heavy atom. The molecule has 25 heavy (non-hydrogen) atoms. The summed E-state index contributed by atoms with van der Waals surface area (Å²) in [7, 11) is 3.62. The first kappa shape index (κ1) is 18.1. The van der Waals surface area contributed by atoms with Gasteiger partial charge in [0.2, 0.25) is 5.91 Å². The number of nitrogens with zero attached hydrogens (tertiary/aromatic N) is 2. The molecule has 0 bridgehead atoms. The molecule has 1 aromatic carbocycles. The SMILES string of the molecule is COc1cc(C)ccc1OCCN1CCC2(CCC(=O)N(C)C2)CC1. The zero-order chi connectivity index (χ0) is 17.9. The van der Waals surface area contributed by atoms with E-state index in [1.54, 1.807) is 7.11 Å². The van der Waals surface area contributed by atoms with Gasteiger partial charge in [-0.2, -0.15) is 0 Å². The molecule has 3 rings (SSSR count). The zero-order valence-corrected chi connectivity index (χ0v) is 15.7. The van der Waals surface area contributed by atoms with Crippen LogP contribution in [-0.4, -0.2) is 62.7 Å². The van der Waals surface area contributed by atoms with Crippen LogP contribution >= 0.6 is 0 Å². The second kappa shape index (κ2) is 7.65. The van der Waals surface area contributed by atoms with Gasteiger partial charge in [0, 0.05) is 26.6 Å². The third-order valence-electron chi connectivity index (χ3n) is 5.77. The lowest BCUT2D eigenvalue weighted by Gasteiger charge is -2.46. The van der Waals surface area contributed by atoms with Crippen molar-refractivity contribution in [2.45, 2.75) is 32.6 Å². The molecule has 0 saturated carbocycles. The third kappa shape index (κ3) is 4.27. The van der Waals surface area contributed by atoms with E-state index in [0.29, 0.717) is 24.3 Å². The molecule has 0 aliphatic carbocycles. The van der Waals surface area contributed by atoms with Crippen molar-refractivity contribution in [3.05, 3.63) is 23.8 Å². The van der Waals surface area contributed by atoms with Gasteiger partial charge in [-0.15, -0.1) is 0 Å². The van der Waals surface area contributed by atoms with Gasteiger partial charge in [-0.25, -0.2) is 0 Å². The maximum absolute atomic E-state index is 11.7. The lowest BCUT2D eigenvalue weighted by Crippen LogP contribution is -2.50. The number of aryl methyl sites for hydroxylation is 1. The van der Waals surface area contributed by atoms with Crippen molar-refractivity contribution in [3.63, 3.8) is 0 Å². The molecule has 1 spiro atoms. The van der Waals surface area contributed by atoms with Crippen LogP contribution in [-0.2, 0) is 4.79 Å². The summed E-state index contributed by atoms with van der Waals surface area (Å²) in [6.07, 6.45) is 4.13. The number of hydrogen-bond donors (Lipinski definition) is 0. The highest BCUT2D eigenvalue weighted by atomic mass is 16.5.